The van der Waals surface area contributed by atoms with Crippen LogP contribution in [-0.2, 0) is 73.5 Å². The van der Waals surface area contributed by atoms with E-state index in [1.165, 1.54) is 66.8 Å². The fourth-order valence-corrected chi connectivity index (χ4v) is 9.30. The highest BCUT2D eigenvalue weighted by Gasteiger charge is 2.22. The molecule has 0 spiro atoms. The Morgan fingerprint density at radius 1 is 0.368 bits per heavy atom. The standard InChI is InChI=1S/C58H70N10/c1-55(2,3)47-21-39-17-43(25-47)33-65-13-14-66(37-65)34-44-19-41(23-49(26-44)57(7,8)9)31-53-60-54(64-63-53)32-42-20-46(28-50(24-42)58(10,11)12)36-68-16-15-67(38-68)35-45-18-40(22-48(27-45)56(4,5)6)30-52-59-51(29-39)61-62-52/h13-28,37-38H,29-36H2,1-12H3. The monoisotopic (exact) mass is 907 g/mol. The van der Waals surface area contributed by atoms with Crippen LogP contribution in [0.2, 0.25) is 0 Å². The number of imidazole rings is 2. The van der Waals surface area contributed by atoms with Gasteiger partial charge in [-0.2, -0.15) is 0 Å². The number of hydrogen-bond donors (Lipinski definition) is 0. The first-order valence-electron chi connectivity index (χ1n) is 24.4. The van der Waals surface area contributed by atoms with Gasteiger partial charge in [0.05, 0.1) is 0 Å². The van der Waals surface area contributed by atoms with Crippen LogP contribution in [-0.4, -0.2) is 29.5 Å². The van der Waals surface area contributed by atoms with E-state index in [-0.39, 0.29) is 21.7 Å². The lowest BCUT2D eigenvalue weighted by Gasteiger charge is -2.21. The average molecular weight is 907 g/mol. The molecule has 0 fully saturated rings. The SMILES string of the molecule is CC(C)(C)c1cc2cc(c1)Cn1cc[n+](c1)Cc1cc(cc(C(C)(C)C)c1)Cc1nnc([n-]1)Cc1cc(cc(C(C)(C)C)c1)C[n+]1ccn(c1)Cc1cc(cc(C(C)(C)C)c1)Cc1nnc([n-]1)C2. The van der Waals surface area contributed by atoms with Crippen LogP contribution in [0, 0.1) is 0 Å². The smallest absolute Gasteiger partial charge is 0.244 e. The second-order valence-electron chi connectivity index (χ2n) is 23.7. The van der Waals surface area contributed by atoms with Crippen molar-refractivity contribution in [3.63, 3.8) is 0 Å². The number of aromatic nitrogens is 10. The fraction of sp³-hybridized carbons (Fsp3) is 0.414. The van der Waals surface area contributed by atoms with Crippen molar-refractivity contribution in [2.24, 2.45) is 0 Å². The Bertz CT molecular complexity index is 2500. The molecule has 10 nitrogen and oxygen atoms in total. The Labute approximate surface area is 404 Å². The lowest BCUT2D eigenvalue weighted by Crippen LogP contribution is -2.32. The molecule has 8 aromatic rings. The Morgan fingerprint density at radius 3 is 0.926 bits per heavy atom. The highest BCUT2D eigenvalue weighted by Crippen LogP contribution is 2.30. The molecule has 0 N–H and O–H groups in total. The quantitative estimate of drug-likeness (QED) is 0.141. The third kappa shape index (κ3) is 11.5. The summed E-state index contributed by atoms with van der Waals surface area (Å²) in [6.07, 6.45) is 15.6. The molecule has 0 saturated heterocycles. The molecule has 68 heavy (non-hydrogen) atoms. The molecule has 0 aliphatic carbocycles. The summed E-state index contributed by atoms with van der Waals surface area (Å²) in [6.45, 7) is 30.4. The first-order valence-corrected chi connectivity index (χ1v) is 24.4. The van der Waals surface area contributed by atoms with Gasteiger partial charge < -0.3 is 30.4 Å². The lowest BCUT2D eigenvalue weighted by molar-refractivity contribution is -0.688. The van der Waals surface area contributed by atoms with E-state index >= 15 is 0 Å². The molecule has 10 heteroatoms. The van der Waals surface area contributed by atoms with E-state index in [4.69, 9.17) is 9.97 Å². The molecule has 5 heterocycles. The van der Waals surface area contributed by atoms with Gasteiger partial charge in [-0.05, 0) is 112 Å². The van der Waals surface area contributed by atoms with Gasteiger partial charge in [0, 0.05) is 25.7 Å². The average Bonchev–Trinajstić information content (AvgIpc) is 4.06. The van der Waals surface area contributed by atoms with Crippen molar-refractivity contribution in [2.45, 2.75) is 157 Å². The maximum Gasteiger partial charge on any atom is 0.244 e. The van der Waals surface area contributed by atoms with Gasteiger partial charge in [-0.25, -0.2) is 18.3 Å². The van der Waals surface area contributed by atoms with Crippen LogP contribution in [0.4, 0.5) is 0 Å². The third-order valence-corrected chi connectivity index (χ3v) is 13.2. The van der Waals surface area contributed by atoms with Crippen LogP contribution in [0.1, 0.15) is 173 Å². The summed E-state index contributed by atoms with van der Waals surface area (Å²) in [5.74, 6) is 3.02. The summed E-state index contributed by atoms with van der Waals surface area (Å²) >= 11 is 0. The Kier molecular flexibility index (Phi) is 12.3. The van der Waals surface area contributed by atoms with Crippen molar-refractivity contribution in [1.82, 2.24) is 39.5 Å². The topological polar surface area (TPSA) is 97.4 Å². The van der Waals surface area contributed by atoms with Gasteiger partial charge in [0.2, 0.25) is 12.7 Å². The van der Waals surface area contributed by atoms with Gasteiger partial charge in [0.15, 0.2) is 0 Å². The van der Waals surface area contributed by atoms with E-state index in [9.17, 15) is 0 Å². The second kappa shape index (κ2) is 17.9. The molecule has 16 bridgehead atoms. The number of rotatable bonds is 0. The second-order valence-corrected chi connectivity index (χ2v) is 23.7. The molecule has 9 rings (SSSR count). The van der Waals surface area contributed by atoms with Crippen LogP contribution < -0.4 is 19.1 Å². The first kappa shape index (κ1) is 46.7. The van der Waals surface area contributed by atoms with E-state index in [2.05, 4.69) is 232 Å². The number of fused-ring (bicyclic) bond motifs is 16. The largest absolute Gasteiger partial charge is 0.366 e. The van der Waals surface area contributed by atoms with E-state index in [0.29, 0.717) is 25.7 Å². The highest BCUT2D eigenvalue weighted by molar-refractivity contribution is 5.39. The van der Waals surface area contributed by atoms with Crippen molar-refractivity contribution < 1.29 is 9.13 Å². The van der Waals surface area contributed by atoms with Crippen LogP contribution in [0.5, 0.6) is 0 Å². The van der Waals surface area contributed by atoms with Gasteiger partial charge in [-0.3, -0.25) is 0 Å². The van der Waals surface area contributed by atoms with Crippen molar-refractivity contribution in [1.29, 1.82) is 0 Å². The summed E-state index contributed by atoms with van der Waals surface area (Å²) in [5, 5.41) is 18.6. The summed E-state index contributed by atoms with van der Waals surface area (Å²) in [4.78, 5) is 10.1. The molecule has 1 aliphatic heterocycles. The molecule has 4 aromatic carbocycles. The minimum Gasteiger partial charge on any atom is -0.366 e. The van der Waals surface area contributed by atoms with Crippen molar-refractivity contribution >= 4 is 0 Å². The predicted octanol–water partition coefficient (Wildman–Crippen LogP) is 9.42. The normalized spacial score (nSPS) is 14.3. The third-order valence-electron chi connectivity index (χ3n) is 13.2. The minimum atomic E-state index is -0.0215. The molecule has 0 amide bonds. The van der Waals surface area contributed by atoms with Gasteiger partial charge in [-0.15, -0.1) is 0 Å². The molecule has 0 atom stereocenters. The zero-order valence-electron chi connectivity index (χ0n) is 42.5. The molecule has 0 radical (unpaired) electrons. The van der Waals surface area contributed by atoms with Gasteiger partial charge >= 0.3 is 0 Å². The van der Waals surface area contributed by atoms with E-state index in [0.717, 1.165) is 49.5 Å². The summed E-state index contributed by atoms with van der Waals surface area (Å²) in [7, 11) is 0. The van der Waals surface area contributed by atoms with E-state index < -0.39 is 0 Å². The van der Waals surface area contributed by atoms with Crippen molar-refractivity contribution in [2.75, 3.05) is 0 Å². The zero-order valence-corrected chi connectivity index (χ0v) is 42.5. The maximum atomic E-state index is 5.03. The summed E-state index contributed by atoms with van der Waals surface area (Å²) in [5.41, 5.74) is 14.9. The maximum absolute atomic E-state index is 5.03. The van der Waals surface area contributed by atoms with E-state index in [1.54, 1.807) is 0 Å². The summed E-state index contributed by atoms with van der Waals surface area (Å²) < 4.78 is 9.11. The number of nitrogens with zero attached hydrogens (tertiary/aromatic N) is 10. The number of hydrogen-bond acceptors (Lipinski definition) is 4. The zero-order chi connectivity index (χ0) is 48.2. The highest BCUT2D eigenvalue weighted by atomic mass is 15.2. The van der Waals surface area contributed by atoms with Gasteiger partial charge in [0.1, 0.15) is 51.0 Å². The fourth-order valence-electron chi connectivity index (χ4n) is 9.30. The van der Waals surface area contributed by atoms with Crippen LogP contribution in [0.15, 0.2) is 110 Å². The molecule has 4 aromatic heterocycles. The predicted molar refractivity (Wildman–Crippen MR) is 268 cm³/mol. The first-order chi connectivity index (χ1) is 32.0. The van der Waals surface area contributed by atoms with Gasteiger partial charge in [-0.1, -0.05) is 156 Å². The van der Waals surface area contributed by atoms with E-state index in [1.807, 2.05) is 0 Å². The minimum absolute atomic E-state index is 0.0215. The van der Waals surface area contributed by atoms with Crippen LogP contribution >= 0.6 is 0 Å². The molecular formula is C58H70N10. The lowest BCUT2D eigenvalue weighted by atomic mass is 9.84. The molecular weight excluding hydrogens is 837 g/mol. The molecule has 0 saturated carbocycles. The summed E-state index contributed by atoms with van der Waals surface area (Å²) in [6, 6.07) is 28.0. The van der Waals surface area contributed by atoms with Crippen LogP contribution in [0.25, 0.3) is 0 Å². The molecule has 0 unspecified atom stereocenters. The molecule has 1 aliphatic rings. The van der Waals surface area contributed by atoms with Crippen molar-refractivity contribution in [3.05, 3.63) is 200 Å². The Hall–Kier alpha value is -6.42. The van der Waals surface area contributed by atoms with Gasteiger partial charge in [0.25, 0.3) is 0 Å². The molecule has 352 valence electrons. The number of benzene rings is 4. The Balaban J connectivity index is 1.09. The van der Waals surface area contributed by atoms with Crippen LogP contribution in [0.3, 0.4) is 0 Å². The van der Waals surface area contributed by atoms with Crippen molar-refractivity contribution in [3.8, 4) is 0 Å². The Morgan fingerprint density at radius 2 is 0.632 bits per heavy atom.